The maximum Gasteiger partial charge on any atom is 0.260 e. The number of rotatable bonds is 5. The van der Waals surface area contributed by atoms with Gasteiger partial charge in [0.1, 0.15) is 17.7 Å². The number of aryl methyl sites for hydroxylation is 2. The molecule has 1 atom stereocenters. The molecule has 0 saturated carbocycles. The number of piperidine rings is 1. The Morgan fingerprint density at radius 3 is 2.80 bits per heavy atom. The van der Waals surface area contributed by atoms with E-state index in [9.17, 15) is 4.79 Å². The SMILES string of the molecule is Cc1cc(O[C@H]2CCCN(C(=O)COc3ccccc3)C2)nc(C)n1. The molecule has 0 aliphatic carbocycles. The average molecular weight is 341 g/mol. The molecule has 0 unspecified atom stereocenters. The minimum atomic E-state index is -0.0527. The molecule has 2 heterocycles. The van der Waals surface area contributed by atoms with Gasteiger partial charge in [-0.2, -0.15) is 4.98 Å². The Bertz CT molecular complexity index is 701. The van der Waals surface area contributed by atoms with Gasteiger partial charge in [-0.1, -0.05) is 18.2 Å². The highest BCUT2D eigenvalue weighted by molar-refractivity contribution is 5.77. The molecule has 0 N–H and O–H groups in total. The molecule has 1 aromatic heterocycles. The molecule has 25 heavy (non-hydrogen) atoms. The summed E-state index contributed by atoms with van der Waals surface area (Å²) in [4.78, 5) is 22.8. The number of hydrogen-bond donors (Lipinski definition) is 0. The Balaban J connectivity index is 1.54. The van der Waals surface area contributed by atoms with Crippen LogP contribution in [-0.4, -0.2) is 46.6 Å². The molecular formula is C19H23N3O3. The number of carbonyl (C=O) groups is 1. The molecule has 1 aliphatic rings. The van der Waals surface area contributed by atoms with Crippen molar-refractivity contribution in [1.29, 1.82) is 0 Å². The van der Waals surface area contributed by atoms with E-state index in [1.807, 2.05) is 50.2 Å². The summed E-state index contributed by atoms with van der Waals surface area (Å²) < 4.78 is 11.5. The number of likely N-dealkylation sites (tertiary alicyclic amines) is 1. The van der Waals surface area contributed by atoms with Crippen LogP contribution in [0, 0.1) is 13.8 Å². The van der Waals surface area contributed by atoms with Crippen molar-refractivity contribution in [3.8, 4) is 11.6 Å². The zero-order valence-corrected chi connectivity index (χ0v) is 14.6. The number of aromatic nitrogens is 2. The fraction of sp³-hybridized carbons (Fsp3) is 0.421. The first-order chi connectivity index (χ1) is 12.1. The average Bonchev–Trinajstić information content (AvgIpc) is 2.60. The van der Waals surface area contributed by atoms with Crippen LogP contribution in [-0.2, 0) is 4.79 Å². The van der Waals surface area contributed by atoms with Crippen LogP contribution in [0.25, 0.3) is 0 Å². The van der Waals surface area contributed by atoms with Crippen LogP contribution in [0.1, 0.15) is 24.4 Å². The standard InChI is InChI=1S/C19H23N3O3/c1-14-11-18(21-15(2)20-14)25-17-9-6-10-22(12-17)19(23)13-24-16-7-4-3-5-8-16/h3-5,7-8,11,17H,6,9-10,12-13H2,1-2H3/t17-/m0/s1. The molecular weight excluding hydrogens is 318 g/mol. The van der Waals surface area contributed by atoms with Crippen molar-refractivity contribution in [2.45, 2.75) is 32.8 Å². The van der Waals surface area contributed by atoms with Crippen molar-refractivity contribution in [2.24, 2.45) is 0 Å². The van der Waals surface area contributed by atoms with Gasteiger partial charge in [0.15, 0.2) is 6.61 Å². The predicted octanol–water partition coefficient (Wildman–Crippen LogP) is 2.54. The van der Waals surface area contributed by atoms with Gasteiger partial charge < -0.3 is 14.4 Å². The van der Waals surface area contributed by atoms with Gasteiger partial charge in [0.2, 0.25) is 5.88 Å². The Labute approximate surface area is 147 Å². The second-order valence-electron chi connectivity index (χ2n) is 6.22. The van der Waals surface area contributed by atoms with Crippen LogP contribution in [0.15, 0.2) is 36.4 Å². The first kappa shape index (κ1) is 17.2. The van der Waals surface area contributed by atoms with E-state index in [1.165, 1.54) is 0 Å². The third-order valence-corrected chi connectivity index (χ3v) is 4.07. The molecule has 3 rings (SSSR count). The molecule has 6 nitrogen and oxygen atoms in total. The molecule has 1 aliphatic heterocycles. The van der Waals surface area contributed by atoms with E-state index in [0.29, 0.717) is 24.0 Å². The highest BCUT2D eigenvalue weighted by Crippen LogP contribution is 2.18. The van der Waals surface area contributed by atoms with Gasteiger partial charge in [-0.05, 0) is 38.8 Å². The Hall–Kier alpha value is -2.63. The van der Waals surface area contributed by atoms with Gasteiger partial charge in [-0.25, -0.2) is 4.98 Å². The first-order valence-electron chi connectivity index (χ1n) is 8.55. The van der Waals surface area contributed by atoms with Crippen LogP contribution < -0.4 is 9.47 Å². The molecule has 132 valence electrons. The quantitative estimate of drug-likeness (QED) is 0.836. The second-order valence-corrected chi connectivity index (χ2v) is 6.22. The van der Waals surface area contributed by atoms with Crippen LogP contribution in [0.3, 0.4) is 0 Å². The fourth-order valence-corrected chi connectivity index (χ4v) is 2.93. The van der Waals surface area contributed by atoms with Crippen LogP contribution in [0.2, 0.25) is 0 Å². The fourth-order valence-electron chi connectivity index (χ4n) is 2.93. The summed E-state index contributed by atoms with van der Waals surface area (Å²) >= 11 is 0. The summed E-state index contributed by atoms with van der Waals surface area (Å²) in [6, 6.07) is 11.2. The van der Waals surface area contributed by atoms with Crippen molar-refractivity contribution in [1.82, 2.24) is 14.9 Å². The van der Waals surface area contributed by atoms with Crippen molar-refractivity contribution < 1.29 is 14.3 Å². The summed E-state index contributed by atoms with van der Waals surface area (Å²) in [5.41, 5.74) is 0.877. The lowest BCUT2D eigenvalue weighted by atomic mass is 10.1. The third kappa shape index (κ3) is 4.92. The molecule has 6 heteroatoms. The van der Waals surface area contributed by atoms with Gasteiger partial charge in [-0.15, -0.1) is 0 Å². The summed E-state index contributed by atoms with van der Waals surface area (Å²) in [7, 11) is 0. The van der Waals surface area contributed by atoms with E-state index in [0.717, 1.165) is 25.1 Å². The zero-order chi connectivity index (χ0) is 17.6. The number of nitrogens with zero attached hydrogens (tertiary/aromatic N) is 3. The number of ether oxygens (including phenoxy) is 2. The normalized spacial score (nSPS) is 17.2. The summed E-state index contributed by atoms with van der Waals surface area (Å²) in [5.74, 6) is 1.94. The van der Waals surface area contributed by atoms with E-state index >= 15 is 0 Å². The Morgan fingerprint density at radius 2 is 2.04 bits per heavy atom. The maximum absolute atomic E-state index is 12.4. The molecule has 2 aromatic rings. The summed E-state index contributed by atoms with van der Waals surface area (Å²) in [6.45, 7) is 5.09. The maximum atomic E-state index is 12.4. The number of amides is 1. The molecule has 1 fully saturated rings. The van der Waals surface area contributed by atoms with Gasteiger partial charge in [0.05, 0.1) is 6.54 Å². The van der Waals surface area contributed by atoms with Crippen molar-refractivity contribution >= 4 is 5.91 Å². The van der Waals surface area contributed by atoms with E-state index in [-0.39, 0.29) is 18.6 Å². The number of hydrogen-bond acceptors (Lipinski definition) is 5. The van der Waals surface area contributed by atoms with E-state index < -0.39 is 0 Å². The van der Waals surface area contributed by atoms with Gasteiger partial charge in [0, 0.05) is 18.3 Å². The Morgan fingerprint density at radius 1 is 1.24 bits per heavy atom. The van der Waals surface area contributed by atoms with Crippen LogP contribution in [0.4, 0.5) is 0 Å². The van der Waals surface area contributed by atoms with Crippen molar-refractivity contribution in [3.63, 3.8) is 0 Å². The van der Waals surface area contributed by atoms with Crippen molar-refractivity contribution in [2.75, 3.05) is 19.7 Å². The molecule has 1 aromatic carbocycles. The molecule has 0 bridgehead atoms. The van der Waals surface area contributed by atoms with E-state index in [4.69, 9.17) is 9.47 Å². The number of benzene rings is 1. The minimum absolute atomic E-state index is 0.0211. The van der Waals surface area contributed by atoms with Gasteiger partial charge in [0.25, 0.3) is 5.91 Å². The van der Waals surface area contributed by atoms with E-state index in [1.54, 1.807) is 4.90 Å². The van der Waals surface area contributed by atoms with Gasteiger partial charge >= 0.3 is 0 Å². The van der Waals surface area contributed by atoms with E-state index in [2.05, 4.69) is 9.97 Å². The Kier molecular flexibility index (Phi) is 5.48. The number of carbonyl (C=O) groups excluding carboxylic acids is 1. The van der Waals surface area contributed by atoms with Crippen molar-refractivity contribution in [3.05, 3.63) is 47.9 Å². The minimum Gasteiger partial charge on any atom is -0.484 e. The molecule has 0 radical (unpaired) electrons. The molecule has 0 spiro atoms. The predicted molar refractivity (Wildman–Crippen MR) is 93.7 cm³/mol. The second kappa shape index (κ2) is 7.96. The largest absolute Gasteiger partial charge is 0.484 e. The number of para-hydroxylation sites is 1. The molecule has 1 saturated heterocycles. The highest BCUT2D eigenvalue weighted by atomic mass is 16.5. The lowest BCUT2D eigenvalue weighted by molar-refractivity contribution is -0.136. The third-order valence-electron chi connectivity index (χ3n) is 4.07. The lowest BCUT2D eigenvalue weighted by Crippen LogP contribution is -2.46. The smallest absolute Gasteiger partial charge is 0.260 e. The van der Waals surface area contributed by atoms with Crippen LogP contribution in [0.5, 0.6) is 11.6 Å². The summed E-state index contributed by atoms with van der Waals surface area (Å²) in [5, 5.41) is 0. The first-order valence-corrected chi connectivity index (χ1v) is 8.55. The topological polar surface area (TPSA) is 64.5 Å². The monoisotopic (exact) mass is 341 g/mol. The van der Waals surface area contributed by atoms with Crippen LogP contribution >= 0.6 is 0 Å². The zero-order valence-electron chi connectivity index (χ0n) is 14.6. The lowest BCUT2D eigenvalue weighted by Gasteiger charge is -2.32. The van der Waals surface area contributed by atoms with Gasteiger partial charge in [-0.3, -0.25) is 4.79 Å². The molecule has 1 amide bonds. The summed E-state index contributed by atoms with van der Waals surface area (Å²) in [6.07, 6.45) is 1.76. The highest BCUT2D eigenvalue weighted by Gasteiger charge is 2.25.